The molecule has 0 radical (unpaired) electrons. The predicted octanol–water partition coefficient (Wildman–Crippen LogP) is 2.71. The molecule has 2 rings (SSSR count). The number of carbonyl (C=O) groups excluding carboxylic acids is 1. The second-order valence-corrected chi connectivity index (χ2v) is 7.76. The van der Waals surface area contributed by atoms with Crippen molar-refractivity contribution in [1.29, 1.82) is 0 Å². The second kappa shape index (κ2) is 9.12. The second-order valence-electron chi connectivity index (χ2n) is 7.76. The molecular weight excluding hydrogens is 330 g/mol. The van der Waals surface area contributed by atoms with Gasteiger partial charge in [0.25, 0.3) is 0 Å². The minimum Gasteiger partial charge on any atom is -0.494 e. The van der Waals surface area contributed by atoms with Crippen LogP contribution in [0.1, 0.15) is 34.1 Å². The Labute approximate surface area is 157 Å². The van der Waals surface area contributed by atoms with Crippen LogP contribution >= 0.6 is 0 Å². The minimum absolute atomic E-state index is 0.00146. The third-order valence-electron chi connectivity index (χ3n) is 4.73. The monoisotopic (exact) mass is 363 g/mol. The number of hydrogen-bond acceptors (Lipinski definition) is 4. The van der Waals surface area contributed by atoms with E-state index >= 15 is 0 Å². The quantitative estimate of drug-likeness (QED) is 0.844. The minimum atomic E-state index is -0.0989. The first kappa shape index (κ1) is 20.4. The Morgan fingerprint density at radius 2 is 2.12 bits per heavy atom. The van der Waals surface area contributed by atoms with Gasteiger partial charge in [0.2, 0.25) is 0 Å². The van der Waals surface area contributed by atoms with Gasteiger partial charge < -0.3 is 25.0 Å². The summed E-state index contributed by atoms with van der Waals surface area (Å²) < 4.78 is 5.67. The van der Waals surface area contributed by atoms with Crippen molar-refractivity contribution >= 4 is 11.7 Å². The molecule has 0 aliphatic carbocycles. The number of anilines is 1. The van der Waals surface area contributed by atoms with Gasteiger partial charge in [-0.2, -0.15) is 0 Å². The fourth-order valence-corrected chi connectivity index (χ4v) is 3.41. The molecule has 2 N–H and O–H groups in total. The average molecular weight is 364 g/mol. The van der Waals surface area contributed by atoms with E-state index < -0.39 is 0 Å². The molecule has 1 heterocycles. The van der Waals surface area contributed by atoms with Crippen molar-refractivity contribution in [3.63, 3.8) is 0 Å². The van der Waals surface area contributed by atoms with Crippen molar-refractivity contribution in [3.8, 4) is 5.75 Å². The summed E-state index contributed by atoms with van der Waals surface area (Å²) in [5.41, 5.74) is 1.13. The van der Waals surface area contributed by atoms with Crippen LogP contribution in [0.4, 0.5) is 10.5 Å². The number of nitrogens with zero attached hydrogens (tertiary/aromatic N) is 2. The first-order chi connectivity index (χ1) is 12.4. The van der Waals surface area contributed by atoms with E-state index in [1.165, 1.54) is 0 Å². The van der Waals surface area contributed by atoms with Crippen LogP contribution in [-0.2, 0) is 0 Å². The summed E-state index contributed by atoms with van der Waals surface area (Å²) in [7, 11) is 0. The molecule has 1 aromatic carbocycles. The molecule has 6 heteroatoms. The first-order valence-electron chi connectivity index (χ1n) is 9.50. The SMILES string of the molecule is CCOc1cccc(N2CCCN(C(=O)NCCO)CC2C(C)(C)C)c1. The number of ether oxygens (including phenoxy) is 1. The number of amides is 2. The van der Waals surface area contributed by atoms with E-state index in [9.17, 15) is 4.79 Å². The Morgan fingerprint density at radius 1 is 1.35 bits per heavy atom. The van der Waals surface area contributed by atoms with E-state index in [2.05, 4.69) is 43.1 Å². The molecular formula is C20H33N3O3. The van der Waals surface area contributed by atoms with Gasteiger partial charge in [-0.25, -0.2) is 4.79 Å². The van der Waals surface area contributed by atoms with Crippen LogP contribution < -0.4 is 15.0 Å². The molecule has 1 atom stereocenters. The van der Waals surface area contributed by atoms with Gasteiger partial charge in [-0.3, -0.25) is 0 Å². The Kier molecular flexibility index (Phi) is 7.14. The van der Waals surface area contributed by atoms with Crippen LogP contribution in [0.3, 0.4) is 0 Å². The lowest BCUT2D eigenvalue weighted by molar-refractivity contribution is 0.181. The van der Waals surface area contributed by atoms with Crippen molar-refractivity contribution < 1.29 is 14.6 Å². The van der Waals surface area contributed by atoms with E-state index in [1.54, 1.807) is 0 Å². The van der Waals surface area contributed by atoms with Gasteiger partial charge >= 0.3 is 6.03 Å². The molecule has 1 aliphatic rings. The van der Waals surface area contributed by atoms with Gasteiger partial charge in [0.15, 0.2) is 0 Å². The molecule has 1 unspecified atom stereocenters. The van der Waals surface area contributed by atoms with Crippen molar-refractivity contribution in [3.05, 3.63) is 24.3 Å². The van der Waals surface area contributed by atoms with Crippen molar-refractivity contribution in [1.82, 2.24) is 10.2 Å². The number of benzene rings is 1. The molecule has 1 fully saturated rings. The Balaban J connectivity index is 2.25. The maximum absolute atomic E-state index is 12.4. The van der Waals surface area contributed by atoms with Gasteiger partial charge in [-0.05, 0) is 30.9 Å². The Morgan fingerprint density at radius 3 is 2.77 bits per heavy atom. The van der Waals surface area contributed by atoms with Crippen molar-refractivity contribution in [2.75, 3.05) is 44.3 Å². The number of aliphatic hydroxyl groups is 1. The highest BCUT2D eigenvalue weighted by atomic mass is 16.5. The number of urea groups is 1. The van der Waals surface area contributed by atoms with E-state index in [0.717, 1.165) is 24.4 Å². The fourth-order valence-electron chi connectivity index (χ4n) is 3.41. The highest BCUT2D eigenvalue weighted by molar-refractivity contribution is 5.74. The third-order valence-corrected chi connectivity index (χ3v) is 4.73. The molecule has 1 aromatic rings. The highest BCUT2D eigenvalue weighted by Crippen LogP contribution is 2.33. The number of aliphatic hydroxyl groups excluding tert-OH is 1. The molecule has 0 spiro atoms. The largest absolute Gasteiger partial charge is 0.494 e. The van der Waals surface area contributed by atoms with E-state index in [1.807, 2.05) is 24.0 Å². The van der Waals surface area contributed by atoms with Crippen LogP contribution in [0, 0.1) is 5.41 Å². The third kappa shape index (κ3) is 5.27. The summed E-state index contributed by atoms with van der Waals surface area (Å²) in [6, 6.07) is 8.29. The average Bonchev–Trinajstić information content (AvgIpc) is 2.83. The summed E-state index contributed by atoms with van der Waals surface area (Å²) in [6.07, 6.45) is 0.901. The van der Waals surface area contributed by atoms with Gasteiger partial charge in [0, 0.05) is 37.9 Å². The van der Waals surface area contributed by atoms with Gasteiger partial charge in [0.05, 0.1) is 19.3 Å². The molecule has 1 aliphatic heterocycles. The maximum Gasteiger partial charge on any atom is 0.317 e. The molecule has 1 saturated heterocycles. The predicted molar refractivity (Wildman–Crippen MR) is 105 cm³/mol. The zero-order chi connectivity index (χ0) is 19.2. The highest BCUT2D eigenvalue weighted by Gasteiger charge is 2.35. The fraction of sp³-hybridized carbons (Fsp3) is 0.650. The van der Waals surface area contributed by atoms with Gasteiger partial charge in [0.1, 0.15) is 5.75 Å². The van der Waals surface area contributed by atoms with Crippen LogP contribution in [-0.4, -0.2) is 61.5 Å². The van der Waals surface area contributed by atoms with Crippen LogP contribution in [0.15, 0.2) is 24.3 Å². The van der Waals surface area contributed by atoms with Crippen LogP contribution in [0.2, 0.25) is 0 Å². The Hall–Kier alpha value is -1.95. The Bertz CT molecular complexity index is 586. The zero-order valence-corrected chi connectivity index (χ0v) is 16.5. The smallest absolute Gasteiger partial charge is 0.317 e. The van der Waals surface area contributed by atoms with E-state index in [4.69, 9.17) is 9.84 Å². The number of hydrogen-bond donors (Lipinski definition) is 2. The normalized spacial score (nSPS) is 18.4. The summed E-state index contributed by atoms with van der Waals surface area (Å²) in [5, 5.41) is 11.7. The van der Waals surface area contributed by atoms with Crippen LogP contribution in [0.5, 0.6) is 5.75 Å². The lowest BCUT2D eigenvalue weighted by atomic mass is 9.85. The summed E-state index contributed by atoms with van der Waals surface area (Å²) in [4.78, 5) is 16.7. The van der Waals surface area contributed by atoms with Gasteiger partial charge in [-0.15, -0.1) is 0 Å². The zero-order valence-electron chi connectivity index (χ0n) is 16.5. The molecule has 0 aromatic heterocycles. The molecule has 26 heavy (non-hydrogen) atoms. The molecule has 0 saturated carbocycles. The molecule has 146 valence electrons. The van der Waals surface area contributed by atoms with E-state index in [0.29, 0.717) is 19.7 Å². The van der Waals surface area contributed by atoms with E-state index in [-0.39, 0.29) is 30.6 Å². The molecule has 2 amide bonds. The van der Waals surface area contributed by atoms with Crippen molar-refractivity contribution in [2.45, 2.75) is 40.2 Å². The molecule has 0 bridgehead atoms. The maximum atomic E-state index is 12.4. The summed E-state index contributed by atoms with van der Waals surface area (Å²) in [5.74, 6) is 0.874. The lowest BCUT2D eigenvalue weighted by Gasteiger charge is -2.41. The number of rotatable bonds is 5. The number of carbonyl (C=O) groups is 1. The standard InChI is InChI=1S/C20H33N3O3/c1-5-26-17-9-6-8-16(14-17)23-12-7-11-22(19(25)21-10-13-24)15-18(23)20(2,3)4/h6,8-9,14,18,24H,5,7,10-13,15H2,1-4H3,(H,21,25). The summed E-state index contributed by atoms with van der Waals surface area (Å²) >= 11 is 0. The lowest BCUT2D eigenvalue weighted by Crippen LogP contribution is -2.52. The topological polar surface area (TPSA) is 65.0 Å². The summed E-state index contributed by atoms with van der Waals surface area (Å²) in [6.45, 7) is 11.8. The first-order valence-corrected chi connectivity index (χ1v) is 9.50. The molecule has 6 nitrogen and oxygen atoms in total. The van der Waals surface area contributed by atoms with Gasteiger partial charge in [-0.1, -0.05) is 26.8 Å². The van der Waals surface area contributed by atoms with Crippen molar-refractivity contribution in [2.24, 2.45) is 5.41 Å². The number of nitrogens with one attached hydrogen (secondary N) is 1. The van der Waals surface area contributed by atoms with Crippen LogP contribution in [0.25, 0.3) is 0 Å².